The number of hydrogen-bond acceptors (Lipinski definition) is 4. The van der Waals surface area contributed by atoms with Crippen LogP contribution in [0.2, 0.25) is 0 Å². The second-order valence-electron chi connectivity index (χ2n) is 4.58. The van der Waals surface area contributed by atoms with Crippen LogP contribution in [-0.2, 0) is 4.79 Å². The Hall–Kier alpha value is -2.25. The molecule has 0 saturated carbocycles. The van der Waals surface area contributed by atoms with Crippen molar-refractivity contribution in [2.75, 3.05) is 11.9 Å². The summed E-state index contributed by atoms with van der Waals surface area (Å²) >= 11 is 0. The molecule has 8 heteroatoms. The van der Waals surface area contributed by atoms with Crippen LogP contribution >= 0.6 is 0 Å². The summed E-state index contributed by atoms with van der Waals surface area (Å²) in [5, 5.41) is 22.1. The summed E-state index contributed by atoms with van der Waals surface area (Å²) in [6, 6.07) is 1.47. The van der Waals surface area contributed by atoms with E-state index < -0.39 is 39.8 Å². The number of nitrogens with one attached hydrogen (secondary N) is 1. The van der Waals surface area contributed by atoms with Crippen LogP contribution in [0.4, 0.5) is 20.2 Å². The molecule has 0 saturated heterocycles. The number of carboxylic acid groups (broad SMARTS) is 1. The van der Waals surface area contributed by atoms with Crippen LogP contribution in [0.5, 0.6) is 0 Å². The molecule has 0 fully saturated rings. The first-order valence-corrected chi connectivity index (χ1v) is 5.84. The first kappa shape index (κ1) is 15.8. The molecular formula is C12H14F2N2O4. The predicted molar refractivity (Wildman–Crippen MR) is 67.5 cm³/mol. The molecular weight excluding hydrogens is 274 g/mol. The monoisotopic (exact) mass is 288 g/mol. The number of carboxylic acids is 1. The Labute approximate surface area is 113 Å². The number of aliphatic carboxylic acids is 1. The number of halogens is 2. The van der Waals surface area contributed by atoms with E-state index in [1.165, 1.54) is 0 Å². The van der Waals surface area contributed by atoms with Gasteiger partial charge < -0.3 is 10.4 Å². The standard InChI is InChI=1S/C12H14F2N2O4/c1-6(2)7(12(17)18)5-15-11-9(16(19)20)4-3-8(13)10(11)14/h3-4,6-7,15H,5H2,1-2H3,(H,17,18). The molecule has 0 bridgehead atoms. The Morgan fingerprint density at radius 1 is 1.45 bits per heavy atom. The Kier molecular flexibility index (Phi) is 4.95. The van der Waals surface area contributed by atoms with Crippen molar-refractivity contribution >= 4 is 17.3 Å². The van der Waals surface area contributed by atoms with Gasteiger partial charge in [-0.3, -0.25) is 14.9 Å². The number of nitro groups is 1. The van der Waals surface area contributed by atoms with Gasteiger partial charge in [0.1, 0.15) is 0 Å². The van der Waals surface area contributed by atoms with Gasteiger partial charge in [0.15, 0.2) is 17.3 Å². The number of nitrogens with zero attached hydrogens (tertiary/aromatic N) is 1. The van der Waals surface area contributed by atoms with Crippen LogP contribution in [0.25, 0.3) is 0 Å². The first-order chi connectivity index (χ1) is 9.25. The van der Waals surface area contributed by atoms with Crippen LogP contribution in [0, 0.1) is 33.6 Å². The van der Waals surface area contributed by atoms with E-state index >= 15 is 0 Å². The van der Waals surface area contributed by atoms with Gasteiger partial charge in [0.05, 0.1) is 10.8 Å². The molecule has 20 heavy (non-hydrogen) atoms. The Balaban J connectivity index is 3.05. The molecule has 110 valence electrons. The van der Waals surface area contributed by atoms with E-state index in [1.807, 2.05) is 0 Å². The van der Waals surface area contributed by atoms with Gasteiger partial charge in [-0.05, 0) is 12.0 Å². The zero-order chi connectivity index (χ0) is 15.4. The van der Waals surface area contributed by atoms with E-state index in [2.05, 4.69) is 5.32 Å². The van der Waals surface area contributed by atoms with Crippen molar-refractivity contribution in [3.05, 3.63) is 33.9 Å². The van der Waals surface area contributed by atoms with E-state index in [0.717, 1.165) is 6.07 Å². The molecule has 1 atom stereocenters. The highest BCUT2D eigenvalue weighted by molar-refractivity contribution is 5.72. The van der Waals surface area contributed by atoms with Crippen molar-refractivity contribution in [3.63, 3.8) is 0 Å². The molecule has 1 rings (SSSR count). The average Bonchev–Trinajstić information content (AvgIpc) is 2.33. The summed E-state index contributed by atoms with van der Waals surface area (Å²) in [6.45, 7) is 3.06. The summed E-state index contributed by atoms with van der Waals surface area (Å²) < 4.78 is 26.7. The molecule has 0 radical (unpaired) electrons. The summed E-state index contributed by atoms with van der Waals surface area (Å²) in [7, 11) is 0. The van der Waals surface area contributed by atoms with Crippen molar-refractivity contribution in [1.82, 2.24) is 0 Å². The highest BCUT2D eigenvalue weighted by atomic mass is 19.2. The maximum absolute atomic E-state index is 13.6. The second kappa shape index (κ2) is 6.27. The summed E-state index contributed by atoms with van der Waals surface area (Å²) in [6.07, 6.45) is 0. The lowest BCUT2D eigenvalue weighted by atomic mass is 9.96. The quantitative estimate of drug-likeness (QED) is 0.620. The molecule has 0 aliphatic carbocycles. The fourth-order valence-electron chi connectivity index (χ4n) is 1.68. The van der Waals surface area contributed by atoms with Gasteiger partial charge in [-0.2, -0.15) is 0 Å². The second-order valence-corrected chi connectivity index (χ2v) is 4.58. The van der Waals surface area contributed by atoms with Gasteiger partial charge in [0, 0.05) is 12.6 Å². The first-order valence-electron chi connectivity index (χ1n) is 5.84. The Bertz CT molecular complexity index is 534. The van der Waals surface area contributed by atoms with Crippen molar-refractivity contribution in [1.29, 1.82) is 0 Å². The average molecular weight is 288 g/mol. The van der Waals surface area contributed by atoms with E-state index in [1.54, 1.807) is 13.8 Å². The fraction of sp³-hybridized carbons (Fsp3) is 0.417. The minimum atomic E-state index is -1.40. The van der Waals surface area contributed by atoms with Gasteiger partial charge in [-0.15, -0.1) is 0 Å². The van der Waals surface area contributed by atoms with Crippen molar-refractivity contribution in [2.45, 2.75) is 13.8 Å². The number of rotatable bonds is 6. The third-order valence-corrected chi connectivity index (χ3v) is 2.89. The minimum Gasteiger partial charge on any atom is -0.481 e. The molecule has 0 aliphatic rings. The smallest absolute Gasteiger partial charge is 0.308 e. The molecule has 1 unspecified atom stereocenters. The minimum absolute atomic E-state index is 0.242. The fourth-order valence-corrected chi connectivity index (χ4v) is 1.68. The largest absolute Gasteiger partial charge is 0.481 e. The molecule has 0 aromatic heterocycles. The van der Waals surface area contributed by atoms with Crippen molar-refractivity contribution in [2.24, 2.45) is 11.8 Å². The van der Waals surface area contributed by atoms with Crippen LogP contribution in [0.3, 0.4) is 0 Å². The number of nitro benzene ring substituents is 1. The molecule has 2 N–H and O–H groups in total. The van der Waals surface area contributed by atoms with Gasteiger partial charge >= 0.3 is 5.97 Å². The maximum atomic E-state index is 13.6. The van der Waals surface area contributed by atoms with Crippen LogP contribution < -0.4 is 5.32 Å². The van der Waals surface area contributed by atoms with E-state index in [0.29, 0.717) is 6.07 Å². The van der Waals surface area contributed by atoms with E-state index in [9.17, 15) is 23.7 Å². The molecule has 1 aromatic carbocycles. The topological polar surface area (TPSA) is 92.5 Å². The SMILES string of the molecule is CC(C)C(CNc1c([N+](=O)[O-])ccc(F)c1F)C(=O)O. The molecule has 0 spiro atoms. The highest BCUT2D eigenvalue weighted by Gasteiger charge is 2.25. The normalized spacial score (nSPS) is 12.2. The summed E-state index contributed by atoms with van der Waals surface area (Å²) in [5.41, 5.74) is -1.28. The zero-order valence-corrected chi connectivity index (χ0v) is 10.9. The highest BCUT2D eigenvalue weighted by Crippen LogP contribution is 2.29. The molecule has 0 aliphatic heterocycles. The summed E-state index contributed by atoms with van der Waals surface area (Å²) in [4.78, 5) is 20.9. The lowest BCUT2D eigenvalue weighted by Gasteiger charge is -2.17. The molecule has 0 amide bonds. The van der Waals surface area contributed by atoms with Gasteiger partial charge in [-0.25, -0.2) is 8.78 Å². The van der Waals surface area contributed by atoms with Crippen molar-refractivity contribution < 1.29 is 23.6 Å². The molecule has 0 heterocycles. The van der Waals surface area contributed by atoms with Gasteiger partial charge in [-0.1, -0.05) is 13.8 Å². The number of anilines is 1. The Morgan fingerprint density at radius 2 is 2.05 bits per heavy atom. The number of carbonyl (C=O) groups is 1. The van der Waals surface area contributed by atoms with Gasteiger partial charge in [0.2, 0.25) is 0 Å². The molecule has 6 nitrogen and oxygen atoms in total. The number of benzene rings is 1. The molecule has 1 aromatic rings. The van der Waals surface area contributed by atoms with Crippen molar-refractivity contribution in [3.8, 4) is 0 Å². The lowest BCUT2D eigenvalue weighted by molar-refractivity contribution is -0.384. The van der Waals surface area contributed by atoms with Gasteiger partial charge in [0.25, 0.3) is 5.69 Å². The third-order valence-electron chi connectivity index (χ3n) is 2.89. The Morgan fingerprint density at radius 3 is 2.50 bits per heavy atom. The zero-order valence-electron chi connectivity index (χ0n) is 10.9. The summed E-state index contributed by atoms with van der Waals surface area (Å²) in [5.74, 6) is -4.90. The van der Waals surface area contributed by atoms with E-state index in [-0.39, 0.29) is 12.5 Å². The lowest BCUT2D eigenvalue weighted by Crippen LogP contribution is -2.28. The van der Waals surface area contributed by atoms with E-state index in [4.69, 9.17) is 5.11 Å². The number of hydrogen-bond donors (Lipinski definition) is 2. The predicted octanol–water partition coefficient (Wildman–Crippen LogP) is 2.64. The maximum Gasteiger partial charge on any atom is 0.308 e. The van der Waals surface area contributed by atoms with Crippen LogP contribution in [-0.4, -0.2) is 22.5 Å². The van der Waals surface area contributed by atoms with Crippen LogP contribution in [0.15, 0.2) is 12.1 Å². The third kappa shape index (κ3) is 3.40. The van der Waals surface area contributed by atoms with Crippen LogP contribution in [0.1, 0.15) is 13.8 Å².